The molecule has 1 saturated heterocycles. The number of H-pyrrole nitrogens is 1. The van der Waals surface area contributed by atoms with Crippen LogP contribution in [0.2, 0.25) is 0 Å². The van der Waals surface area contributed by atoms with Crippen molar-refractivity contribution in [2.45, 2.75) is 12.8 Å². The SMILES string of the molecule is COc1cc2[nH]c(=O)c(C(=O)NCC[NH+]3CCCC3)c(O)c2cc1OC.[Cl-]. The molecule has 0 bridgehead atoms. The van der Waals surface area contributed by atoms with E-state index in [0.29, 0.717) is 28.9 Å². The number of likely N-dealkylation sites (tertiary alicyclic amines) is 1. The Bertz CT molecular complexity index is 877. The molecule has 9 heteroatoms. The Balaban J connectivity index is 0.00000261. The van der Waals surface area contributed by atoms with Gasteiger partial charge in [-0.05, 0) is 6.07 Å². The molecule has 0 saturated carbocycles. The number of rotatable bonds is 6. The molecule has 3 rings (SSSR count). The van der Waals surface area contributed by atoms with Gasteiger partial charge < -0.3 is 42.2 Å². The molecule has 1 aliphatic rings. The number of halogens is 1. The van der Waals surface area contributed by atoms with Crippen LogP contribution in [0.25, 0.3) is 10.9 Å². The van der Waals surface area contributed by atoms with Crippen molar-refractivity contribution in [3.8, 4) is 17.2 Å². The number of aromatic amines is 1. The highest BCUT2D eigenvalue weighted by Gasteiger charge is 2.21. The van der Waals surface area contributed by atoms with Gasteiger partial charge in [0.25, 0.3) is 11.5 Å². The summed E-state index contributed by atoms with van der Waals surface area (Å²) in [6, 6.07) is 3.08. The maximum atomic E-state index is 12.4. The fourth-order valence-corrected chi connectivity index (χ4v) is 3.38. The van der Waals surface area contributed by atoms with Crippen molar-refractivity contribution in [2.24, 2.45) is 0 Å². The molecule has 1 fully saturated rings. The summed E-state index contributed by atoms with van der Waals surface area (Å²) < 4.78 is 10.4. The van der Waals surface area contributed by atoms with Crippen LogP contribution in [0.4, 0.5) is 0 Å². The van der Waals surface area contributed by atoms with Crippen LogP contribution in [0.1, 0.15) is 23.2 Å². The minimum absolute atomic E-state index is 0. The Morgan fingerprint density at radius 1 is 1.22 bits per heavy atom. The van der Waals surface area contributed by atoms with Crippen molar-refractivity contribution in [2.75, 3.05) is 40.4 Å². The number of hydrogen-bond acceptors (Lipinski definition) is 5. The number of fused-ring (bicyclic) bond motifs is 1. The van der Waals surface area contributed by atoms with Gasteiger partial charge in [-0.15, -0.1) is 0 Å². The Morgan fingerprint density at radius 3 is 2.48 bits per heavy atom. The number of pyridine rings is 1. The molecular formula is C18H24ClN3O5. The van der Waals surface area contributed by atoms with Gasteiger partial charge >= 0.3 is 0 Å². The summed E-state index contributed by atoms with van der Waals surface area (Å²) in [5, 5.41) is 13.6. The molecule has 1 amide bonds. The van der Waals surface area contributed by atoms with Crippen LogP contribution in [0.15, 0.2) is 16.9 Å². The second kappa shape index (κ2) is 8.96. The highest BCUT2D eigenvalue weighted by atomic mass is 35.5. The zero-order valence-corrected chi connectivity index (χ0v) is 16.1. The zero-order valence-electron chi connectivity index (χ0n) is 15.4. The summed E-state index contributed by atoms with van der Waals surface area (Å²) >= 11 is 0. The van der Waals surface area contributed by atoms with Gasteiger partial charge in [0.15, 0.2) is 11.5 Å². The minimum Gasteiger partial charge on any atom is -1.00 e. The fraction of sp³-hybridized carbons (Fsp3) is 0.444. The number of aromatic hydroxyl groups is 1. The maximum absolute atomic E-state index is 12.4. The average Bonchev–Trinajstić information content (AvgIpc) is 3.14. The van der Waals surface area contributed by atoms with Crippen molar-refractivity contribution in [1.82, 2.24) is 10.3 Å². The number of quaternary nitrogens is 1. The summed E-state index contributed by atoms with van der Waals surface area (Å²) in [7, 11) is 2.95. The Morgan fingerprint density at radius 2 is 1.85 bits per heavy atom. The van der Waals surface area contributed by atoms with Gasteiger partial charge in [0.1, 0.15) is 11.3 Å². The van der Waals surface area contributed by atoms with E-state index in [-0.39, 0.29) is 23.7 Å². The highest BCUT2D eigenvalue weighted by Crippen LogP contribution is 2.35. The average molecular weight is 398 g/mol. The molecule has 8 nitrogen and oxygen atoms in total. The Labute approximate surface area is 162 Å². The maximum Gasteiger partial charge on any atom is 0.265 e. The second-order valence-corrected chi connectivity index (χ2v) is 6.39. The van der Waals surface area contributed by atoms with Crippen LogP contribution in [0.5, 0.6) is 17.2 Å². The van der Waals surface area contributed by atoms with E-state index < -0.39 is 11.5 Å². The molecule has 27 heavy (non-hydrogen) atoms. The molecule has 1 aromatic heterocycles. The van der Waals surface area contributed by atoms with Gasteiger partial charge in [-0.3, -0.25) is 9.59 Å². The smallest absolute Gasteiger partial charge is 0.265 e. The first-order chi connectivity index (χ1) is 12.5. The first-order valence-corrected chi connectivity index (χ1v) is 8.68. The molecule has 0 spiro atoms. The van der Waals surface area contributed by atoms with E-state index in [1.165, 1.54) is 38.0 Å². The summed E-state index contributed by atoms with van der Waals surface area (Å²) in [5.41, 5.74) is -0.572. The van der Waals surface area contributed by atoms with Crippen molar-refractivity contribution >= 4 is 16.8 Å². The first-order valence-electron chi connectivity index (χ1n) is 8.68. The lowest BCUT2D eigenvalue weighted by Gasteiger charge is -2.14. The molecular weight excluding hydrogens is 374 g/mol. The van der Waals surface area contributed by atoms with Gasteiger partial charge in [-0.2, -0.15) is 0 Å². The summed E-state index contributed by atoms with van der Waals surface area (Å²) in [5.74, 6) is -0.137. The van der Waals surface area contributed by atoms with Crippen molar-refractivity contribution in [3.05, 3.63) is 28.0 Å². The molecule has 0 unspecified atom stereocenters. The molecule has 0 aliphatic carbocycles. The van der Waals surface area contributed by atoms with E-state index in [1.807, 2.05) is 0 Å². The summed E-state index contributed by atoms with van der Waals surface area (Å²) in [6.45, 7) is 3.48. The molecule has 148 valence electrons. The lowest BCUT2D eigenvalue weighted by molar-refractivity contribution is -0.886. The van der Waals surface area contributed by atoms with E-state index in [9.17, 15) is 14.7 Å². The monoisotopic (exact) mass is 397 g/mol. The van der Waals surface area contributed by atoms with E-state index in [0.717, 1.165) is 19.6 Å². The molecule has 1 aromatic carbocycles. The quantitative estimate of drug-likeness (QED) is 0.408. The van der Waals surface area contributed by atoms with Gasteiger partial charge in [0.2, 0.25) is 0 Å². The third kappa shape index (κ3) is 4.28. The van der Waals surface area contributed by atoms with Gasteiger partial charge in [-0.1, -0.05) is 0 Å². The number of carbonyl (C=O) groups is 1. The number of methoxy groups -OCH3 is 2. The largest absolute Gasteiger partial charge is 1.00 e. The van der Waals surface area contributed by atoms with E-state index >= 15 is 0 Å². The number of amides is 1. The topological polar surface area (TPSA) is 105 Å². The molecule has 2 aromatic rings. The van der Waals surface area contributed by atoms with Crippen LogP contribution < -0.4 is 37.7 Å². The number of aromatic nitrogens is 1. The number of nitrogens with one attached hydrogen (secondary N) is 3. The molecule has 4 N–H and O–H groups in total. The highest BCUT2D eigenvalue weighted by molar-refractivity contribution is 6.02. The molecule has 0 atom stereocenters. The minimum atomic E-state index is -0.645. The van der Waals surface area contributed by atoms with Crippen LogP contribution in [0.3, 0.4) is 0 Å². The van der Waals surface area contributed by atoms with E-state index in [1.54, 1.807) is 6.07 Å². The number of carbonyl (C=O) groups excluding carboxylic acids is 1. The Hall–Kier alpha value is -2.45. The predicted octanol–water partition coefficient (Wildman–Crippen LogP) is -3.34. The normalized spacial score (nSPS) is 14.0. The summed E-state index contributed by atoms with van der Waals surface area (Å²) in [4.78, 5) is 28.8. The van der Waals surface area contributed by atoms with Gasteiger partial charge in [0.05, 0.1) is 45.9 Å². The molecule has 0 radical (unpaired) electrons. The van der Waals surface area contributed by atoms with Crippen molar-refractivity contribution in [3.63, 3.8) is 0 Å². The second-order valence-electron chi connectivity index (χ2n) is 6.39. The third-order valence-corrected chi connectivity index (χ3v) is 4.79. The van der Waals surface area contributed by atoms with Crippen LogP contribution in [-0.4, -0.2) is 56.4 Å². The number of ether oxygens (including phenoxy) is 2. The standard InChI is InChI=1S/C18H23N3O5.ClH/c1-25-13-9-11-12(10-14(13)26-2)20-18(24)15(16(11)22)17(23)19-5-8-21-6-3-4-7-21;/h9-10H,3-8H2,1-2H3,(H,19,23)(H2,20,22,24);1H. The van der Waals surface area contributed by atoms with Crippen LogP contribution >= 0.6 is 0 Å². The lowest BCUT2D eigenvalue weighted by atomic mass is 10.1. The van der Waals surface area contributed by atoms with Crippen LogP contribution in [0, 0.1) is 0 Å². The first kappa shape index (κ1) is 20.9. The Kier molecular flexibility index (Phi) is 6.92. The molecule has 1 aliphatic heterocycles. The number of benzene rings is 1. The van der Waals surface area contributed by atoms with Crippen molar-refractivity contribution < 1.29 is 36.7 Å². The van der Waals surface area contributed by atoms with Gasteiger partial charge in [0, 0.05) is 24.3 Å². The summed E-state index contributed by atoms with van der Waals surface area (Å²) in [6.07, 6.45) is 2.42. The third-order valence-electron chi connectivity index (χ3n) is 4.79. The molecule has 2 heterocycles. The van der Waals surface area contributed by atoms with Crippen molar-refractivity contribution in [1.29, 1.82) is 0 Å². The zero-order chi connectivity index (χ0) is 18.7. The lowest BCUT2D eigenvalue weighted by Crippen LogP contribution is -3.10. The predicted molar refractivity (Wildman–Crippen MR) is 96.5 cm³/mol. The van der Waals surface area contributed by atoms with E-state index in [4.69, 9.17) is 9.47 Å². The van der Waals surface area contributed by atoms with Crippen LogP contribution in [-0.2, 0) is 0 Å². The van der Waals surface area contributed by atoms with Gasteiger partial charge in [-0.25, -0.2) is 0 Å². The van der Waals surface area contributed by atoms with E-state index in [2.05, 4.69) is 10.3 Å². The fourth-order valence-electron chi connectivity index (χ4n) is 3.38. The number of hydrogen-bond donors (Lipinski definition) is 4.